The smallest absolute Gasteiger partial charge is 0.314 e. The fourth-order valence-electron chi connectivity index (χ4n) is 1.39. The predicted octanol–water partition coefficient (Wildman–Crippen LogP) is 3.29. The first kappa shape index (κ1) is 10.6. The Hall–Kier alpha value is -0.900. The van der Waals surface area contributed by atoms with Gasteiger partial charge in [0.05, 0.1) is 10.4 Å². The minimum absolute atomic E-state index is 0.0296. The van der Waals surface area contributed by atoms with Crippen LogP contribution in [0.4, 0.5) is 4.39 Å². The molecule has 4 heteroatoms. The van der Waals surface area contributed by atoms with Crippen LogP contribution >= 0.6 is 15.9 Å². The van der Waals surface area contributed by atoms with E-state index in [9.17, 15) is 9.18 Å². The molecule has 0 unspecified atom stereocenters. The second kappa shape index (κ2) is 4.31. The van der Waals surface area contributed by atoms with E-state index < -0.39 is 0 Å². The maximum absolute atomic E-state index is 12.8. The Balaban J connectivity index is 2.06. The molecule has 80 valence electrons. The highest BCUT2D eigenvalue weighted by Gasteiger charge is 2.27. The van der Waals surface area contributed by atoms with Crippen LogP contribution in [0.3, 0.4) is 0 Å². The van der Waals surface area contributed by atoms with Gasteiger partial charge in [0, 0.05) is 0 Å². The van der Waals surface area contributed by atoms with Crippen LogP contribution in [0.15, 0.2) is 22.7 Å². The molecule has 15 heavy (non-hydrogen) atoms. The lowest BCUT2D eigenvalue weighted by atomic mass is 9.86. The van der Waals surface area contributed by atoms with Gasteiger partial charge in [-0.1, -0.05) is 6.42 Å². The summed E-state index contributed by atoms with van der Waals surface area (Å²) in [7, 11) is 0. The van der Waals surface area contributed by atoms with Gasteiger partial charge in [-0.2, -0.15) is 0 Å². The summed E-state index contributed by atoms with van der Waals surface area (Å²) in [4.78, 5) is 11.5. The van der Waals surface area contributed by atoms with Gasteiger partial charge in [0.25, 0.3) is 0 Å². The number of carbonyl (C=O) groups is 1. The van der Waals surface area contributed by atoms with Crippen LogP contribution < -0.4 is 4.74 Å². The molecule has 1 aliphatic rings. The van der Waals surface area contributed by atoms with E-state index in [0.29, 0.717) is 10.2 Å². The van der Waals surface area contributed by atoms with Gasteiger partial charge in [0.15, 0.2) is 0 Å². The molecular formula is C11H10BrFO2. The number of halogens is 2. The van der Waals surface area contributed by atoms with Crippen molar-refractivity contribution in [3.8, 4) is 5.75 Å². The van der Waals surface area contributed by atoms with Gasteiger partial charge in [0.2, 0.25) is 0 Å². The van der Waals surface area contributed by atoms with Gasteiger partial charge >= 0.3 is 5.97 Å². The number of esters is 1. The maximum Gasteiger partial charge on any atom is 0.314 e. The van der Waals surface area contributed by atoms with Gasteiger partial charge in [-0.25, -0.2) is 4.39 Å². The number of hydrogen-bond donors (Lipinski definition) is 0. The third-order valence-corrected chi connectivity index (χ3v) is 3.16. The molecule has 2 rings (SSSR count). The van der Waals surface area contributed by atoms with Crippen molar-refractivity contribution in [2.24, 2.45) is 5.92 Å². The molecule has 0 N–H and O–H groups in total. The van der Waals surface area contributed by atoms with E-state index in [4.69, 9.17) is 4.74 Å². The summed E-state index contributed by atoms with van der Waals surface area (Å²) in [5.74, 6) is -0.158. The van der Waals surface area contributed by atoms with E-state index >= 15 is 0 Å². The van der Waals surface area contributed by atoms with Crippen LogP contribution in [0.1, 0.15) is 19.3 Å². The maximum atomic E-state index is 12.8. The average molecular weight is 273 g/mol. The van der Waals surface area contributed by atoms with Crippen LogP contribution in [0.2, 0.25) is 0 Å². The van der Waals surface area contributed by atoms with Gasteiger partial charge < -0.3 is 4.74 Å². The Labute approximate surface area is 95.6 Å². The lowest BCUT2D eigenvalue weighted by Crippen LogP contribution is -2.26. The minimum Gasteiger partial charge on any atom is -0.425 e. The highest BCUT2D eigenvalue weighted by atomic mass is 79.9. The zero-order chi connectivity index (χ0) is 10.8. The Bertz CT molecular complexity index is 388. The molecule has 0 heterocycles. The van der Waals surface area contributed by atoms with Crippen molar-refractivity contribution in [2.75, 3.05) is 0 Å². The molecule has 1 aromatic rings. The van der Waals surface area contributed by atoms with E-state index in [-0.39, 0.29) is 17.7 Å². The Kier molecular flexibility index (Phi) is 3.05. The van der Waals surface area contributed by atoms with Crippen LogP contribution in [-0.2, 0) is 4.79 Å². The van der Waals surface area contributed by atoms with Crippen molar-refractivity contribution >= 4 is 21.9 Å². The van der Waals surface area contributed by atoms with Gasteiger partial charge in [-0.15, -0.1) is 0 Å². The van der Waals surface area contributed by atoms with Crippen molar-refractivity contribution < 1.29 is 13.9 Å². The Morgan fingerprint density at radius 2 is 2.20 bits per heavy atom. The topological polar surface area (TPSA) is 26.3 Å². The third-order valence-electron chi connectivity index (χ3n) is 2.54. The van der Waals surface area contributed by atoms with Crippen molar-refractivity contribution in [1.82, 2.24) is 0 Å². The Morgan fingerprint density at radius 3 is 2.73 bits per heavy atom. The average Bonchev–Trinajstić information content (AvgIpc) is 2.07. The van der Waals surface area contributed by atoms with E-state index in [1.54, 1.807) is 0 Å². The molecule has 1 aromatic carbocycles. The third kappa shape index (κ3) is 2.37. The molecule has 0 amide bonds. The number of carbonyl (C=O) groups excluding carboxylic acids is 1. The van der Waals surface area contributed by atoms with Gasteiger partial charge in [-0.05, 0) is 47.0 Å². The monoisotopic (exact) mass is 272 g/mol. The molecule has 0 radical (unpaired) electrons. The molecule has 0 spiro atoms. The summed E-state index contributed by atoms with van der Waals surface area (Å²) in [6.07, 6.45) is 2.89. The number of benzene rings is 1. The minimum atomic E-state index is -0.356. The molecule has 0 saturated heterocycles. The van der Waals surface area contributed by atoms with Gasteiger partial charge in [-0.3, -0.25) is 4.79 Å². The second-order valence-electron chi connectivity index (χ2n) is 3.62. The quantitative estimate of drug-likeness (QED) is 0.610. The molecule has 1 aliphatic carbocycles. The van der Waals surface area contributed by atoms with Crippen LogP contribution in [0.5, 0.6) is 5.75 Å². The number of ether oxygens (including phenoxy) is 1. The van der Waals surface area contributed by atoms with E-state index in [1.165, 1.54) is 18.2 Å². The predicted molar refractivity (Wildman–Crippen MR) is 57.1 cm³/mol. The Morgan fingerprint density at radius 1 is 1.47 bits per heavy atom. The lowest BCUT2D eigenvalue weighted by Gasteiger charge is -2.23. The summed E-state index contributed by atoms with van der Waals surface area (Å²) >= 11 is 3.15. The van der Waals surface area contributed by atoms with E-state index in [1.807, 2.05) is 0 Å². The van der Waals surface area contributed by atoms with Crippen molar-refractivity contribution in [3.05, 3.63) is 28.5 Å². The summed E-state index contributed by atoms with van der Waals surface area (Å²) in [5, 5.41) is 0. The largest absolute Gasteiger partial charge is 0.425 e. The van der Waals surface area contributed by atoms with Crippen molar-refractivity contribution in [2.45, 2.75) is 19.3 Å². The molecule has 0 bridgehead atoms. The fourth-order valence-corrected chi connectivity index (χ4v) is 1.83. The van der Waals surface area contributed by atoms with E-state index in [2.05, 4.69) is 15.9 Å². The SMILES string of the molecule is O=C(Oc1ccc(F)cc1Br)C1CCC1. The zero-order valence-electron chi connectivity index (χ0n) is 8.00. The summed E-state index contributed by atoms with van der Waals surface area (Å²) in [6, 6.07) is 4.01. The molecule has 1 saturated carbocycles. The first-order chi connectivity index (χ1) is 7.16. The van der Waals surface area contributed by atoms with Crippen LogP contribution in [0.25, 0.3) is 0 Å². The van der Waals surface area contributed by atoms with E-state index in [0.717, 1.165) is 19.3 Å². The highest BCUT2D eigenvalue weighted by Crippen LogP contribution is 2.31. The second-order valence-corrected chi connectivity index (χ2v) is 4.48. The first-order valence-corrected chi connectivity index (χ1v) is 5.63. The summed E-state index contributed by atoms with van der Waals surface area (Å²) in [5.41, 5.74) is 0. The standard InChI is InChI=1S/C11H10BrFO2/c12-9-6-8(13)4-5-10(9)15-11(14)7-2-1-3-7/h4-7H,1-3H2. The molecular weight excluding hydrogens is 263 g/mol. The van der Waals surface area contributed by atoms with Crippen LogP contribution in [0, 0.1) is 11.7 Å². The first-order valence-electron chi connectivity index (χ1n) is 4.83. The summed E-state index contributed by atoms with van der Waals surface area (Å²) < 4.78 is 18.4. The summed E-state index contributed by atoms with van der Waals surface area (Å²) in [6.45, 7) is 0. The normalized spacial score (nSPS) is 15.9. The molecule has 0 atom stereocenters. The molecule has 0 aromatic heterocycles. The zero-order valence-corrected chi connectivity index (χ0v) is 9.59. The van der Waals surface area contributed by atoms with Crippen LogP contribution in [-0.4, -0.2) is 5.97 Å². The lowest BCUT2D eigenvalue weighted by molar-refractivity contribution is -0.141. The molecule has 0 aliphatic heterocycles. The number of hydrogen-bond acceptors (Lipinski definition) is 2. The molecule has 2 nitrogen and oxygen atoms in total. The van der Waals surface area contributed by atoms with Gasteiger partial charge in [0.1, 0.15) is 11.6 Å². The highest BCUT2D eigenvalue weighted by molar-refractivity contribution is 9.10. The van der Waals surface area contributed by atoms with Crippen molar-refractivity contribution in [1.29, 1.82) is 0 Å². The number of rotatable bonds is 2. The van der Waals surface area contributed by atoms with Crippen molar-refractivity contribution in [3.63, 3.8) is 0 Å². The molecule has 1 fully saturated rings. The fraction of sp³-hybridized carbons (Fsp3) is 0.364.